The molecule has 1 unspecified atom stereocenters. The van der Waals surface area contributed by atoms with E-state index in [1.807, 2.05) is 18.2 Å². The van der Waals surface area contributed by atoms with E-state index in [1.165, 1.54) is 0 Å². The van der Waals surface area contributed by atoms with Crippen LogP contribution in [0.4, 0.5) is 4.79 Å². The van der Waals surface area contributed by atoms with Gasteiger partial charge in [-0.25, -0.2) is 15.1 Å². The number of hydrogen-bond acceptors (Lipinski definition) is 6. The highest BCUT2D eigenvalue weighted by Crippen LogP contribution is 2.08. The molecule has 0 aliphatic carbocycles. The number of ether oxygens (including phenoxy) is 1. The Bertz CT molecular complexity index is 529. The fourth-order valence-corrected chi connectivity index (χ4v) is 1.61. The summed E-state index contributed by atoms with van der Waals surface area (Å²) in [4.78, 5) is 29.2. The highest BCUT2D eigenvalue weighted by Gasteiger charge is 2.24. The number of aliphatic hydroxyl groups is 2. The summed E-state index contributed by atoms with van der Waals surface area (Å²) in [5.41, 5.74) is 2.22. The predicted octanol–water partition coefficient (Wildman–Crippen LogP) is 1.13. The molecule has 24 heavy (non-hydrogen) atoms. The first-order chi connectivity index (χ1) is 11.2. The summed E-state index contributed by atoms with van der Waals surface area (Å²) < 4.78 is 5.07. The van der Waals surface area contributed by atoms with Crippen molar-refractivity contribution in [2.24, 2.45) is 0 Å². The number of aliphatic hydroxyl groups excluding tert-OH is 2. The van der Waals surface area contributed by atoms with Gasteiger partial charge >= 0.3 is 6.09 Å². The monoisotopic (exact) mass is 340 g/mol. The van der Waals surface area contributed by atoms with E-state index in [0.29, 0.717) is 5.17 Å². The molecule has 0 aliphatic heterocycles. The molecule has 134 valence electrons. The molecule has 2 amide bonds. The van der Waals surface area contributed by atoms with Gasteiger partial charge in [-0.2, -0.15) is 0 Å². The standard InChI is InChI=1S/C16H24N2O6/c1-16(2,3)24-15(22)17-18(14(21)9-13(20)10-19)23-11-12-7-5-4-6-8-12/h4-8,13,19-20H,9-11H2,1-3H3,(H,17,22). The van der Waals surface area contributed by atoms with E-state index >= 15 is 0 Å². The van der Waals surface area contributed by atoms with E-state index in [2.05, 4.69) is 5.43 Å². The van der Waals surface area contributed by atoms with Crippen LogP contribution in [-0.2, 0) is 21.0 Å². The van der Waals surface area contributed by atoms with Crippen LogP contribution in [0.3, 0.4) is 0 Å². The Morgan fingerprint density at radius 1 is 1.25 bits per heavy atom. The first-order valence-electron chi connectivity index (χ1n) is 7.49. The third kappa shape index (κ3) is 7.91. The molecule has 0 saturated heterocycles. The van der Waals surface area contributed by atoms with Crippen LogP contribution in [0.2, 0.25) is 0 Å². The molecule has 0 radical (unpaired) electrons. The van der Waals surface area contributed by atoms with Crippen molar-refractivity contribution in [1.82, 2.24) is 10.6 Å². The summed E-state index contributed by atoms with van der Waals surface area (Å²) in [5, 5.41) is 18.8. The number of amides is 2. The minimum Gasteiger partial charge on any atom is -0.443 e. The van der Waals surface area contributed by atoms with Crippen molar-refractivity contribution in [3.8, 4) is 0 Å². The third-order valence-corrected chi connectivity index (χ3v) is 2.64. The molecule has 1 aromatic rings. The molecule has 8 nitrogen and oxygen atoms in total. The normalized spacial score (nSPS) is 12.4. The van der Waals surface area contributed by atoms with E-state index in [-0.39, 0.29) is 6.61 Å². The maximum atomic E-state index is 12.1. The maximum absolute atomic E-state index is 12.1. The van der Waals surface area contributed by atoms with Gasteiger partial charge in [0.2, 0.25) is 0 Å². The van der Waals surface area contributed by atoms with Crippen LogP contribution in [-0.4, -0.2) is 45.7 Å². The van der Waals surface area contributed by atoms with Crippen LogP contribution < -0.4 is 5.43 Å². The van der Waals surface area contributed by atoms with Crippen molar-refractivity contribution in [2.75, 3.05) is 6.61 Å². The van der Waals surface area contributed by atoms with E-state index < -0.39 is 36.7 Å². The molecule has 0 heterocycles. The average Bonchev–Trinajstić information content (AvgIpc) is 2.50. The van der Waals surface area contributed by atoms with Gasteiger partial charge in [0.25, 0.3) is 5.91 Å². The Morgan fingerprint density at radius 2 is 1.88 bits per heavy atom. The number of rotatable bonds is 6. The van der Waals surface area contributed by atoms with Gasteiger partial charge in [-0.1, -0.05) is 30.3 Å². The minimum atomic E-state index is -1.25. The molecule has 0 spiro atoms. The van der Waals surface area contributed by atoms with E-state index in [9.17, 15) is 14.7 Å². The van der Waals surface area contributed by atoms with Crippen molar-refractivity contribution in [2.45, 2.75) is 45.5 Å². The first-order valence-corrected chi connectivity index (χ1v) is 7.49. The lowest BCUT2D eigenvalue weighted by molar-refractivity contribution is -0.210. The summed E-state index contributed by atoms with van der Waals surface area (Å²) >= 11 is 0. The quantitative estimate of drug-likeness (QED) is 0.670. The van der Waals surface area contributed by atoms with Crippen molar-refractivity contribution in [1.29, 1.82) is 0 Å². The number of benzene rings is 1. The molecule has 0 bridgehead atoms. The molecule has 1 rings (SSSR count). The fraction of sp³-hybridized carbons (Fsp3) is 0.500. The lowest BCUT2D eigenvalue weighted by atomic mass is 10.2. The second kappa shape index (κ2) is 9.21. The predicted molar refractivity (Wildman–Crippen MR) is 85.2 cm³/mol. The Labute approximate surface area is 140 Å². The number of hydroxylamine groups is 1. The number of hydrogen-bond donors (Lipinski definition) is 3. The third-order valence-electron chi connectivity index (χ3n) is 2.64. The van der Waals surface area contributed by atoms with Crippen LogP contribution in [0.1, 0.15) is 32.8 Å². The Hall–Kier alpha value is -2.16. The number of carbonyl (C=O) groups is 2. The van der Waals surface area contributed by atoms with Gasteiger partial charge < -0.3 is 14.9 Å². The smallest absolute Gasteiger partial charge is 0.428 e. The molecule has 0 fully saturated rings. The highest BCUT2D eigenvalue weighted by atomic mass is 16.7. The van der Waals surface area contributed by atoms with Gasteiger partial charge in [0.1, 0.15) is 12.2 Å². The Morgan fingerprint density at radius 3 is 2.42 bits per heavy atom. The topological polar surface area (TPSA) is 108 Å². The first kappa shape index (κ1) is 19.9. The summed E-state index contributed by atoms with van der Waals surface area (Å²) in [6, 6.07) is 9.03. The summed E-state index contributed by atoms with van der Waals surface area (Å²) in [6.07, 6.45) is -2.54. The molecule has 8 heteroatoms. The number of nitrogens with zero attached hydrogens (tertiary/aromatic N) is 1. The molecular weight excluding hydrogens is 316 g/mol. The Balaban J connectivity index is 2.71. The maximum Gasteiger partial charge on any atom is 0.428 e. The fourth-order valence-electron chi connectivity index (χ4n) is 1.61. The van der Waals surface area contributed by atoms with Crippen LogP contribution in [0.5, 0.6) is 0 Å². The summed E-state index contributed by atoms with van der Waals surface area (Å²) in [7, 11) is 0. The van der Waals surface area contributed by atoms with Gasteiger partial charge in [0.05, 0.1) is 19.1 Å². The SMILES string of the molecule is CC(C)(C)OC(=O)NN(OCc1ccccc1)C(=O)CC(O)CO. The van der Waals surface area contributed by atoms with Crippen LogP contribution in [0.25, 0.3) is 0 Å². The summed E-state index contributed by atoms with van der Waals surface area (Å²) in [6.45, 7) is 4.49. The zero-order chi connectivity index (χ0) is 18.2. The zero-order valence-electron chi connectivity index (χ0n) is 14.1. The Kier molecular flexibility index (Phi) is 7.63. The second-order valence-electron chi connectivity index (χ2n) is 6.10. The molecule has 1 aromatic carbocycles. The van der Waals surface area contributed by atoms with E-state index in [4.69, 9.17) is 14.7 Å². The van der Waals surface area contributed by atoms with Gasteiger partial charge in [0.15, 0.2) is 0 Å². The lowest BCUT2D eigenvalue weighted by Crippen LogP contribution is -2.48. The second-order valence-corrected chi connectivity index (χ2v) is 6.10. The van der Waals surface area contributed by atoms with Crippen molar-refractivity contribution in [3.63, 3.8) is 0 Å². The molecular formula is C16H24N2O6. The number of nitrogens with one attached hydrogen (secondary N) is 1. The number of carbonyl (C=O) groups excluding carboxylic acids is 2. The zero-order valence-corrected chi connectivity index (χ0v) is 14.1. The van der Waals surface area contributed by atoms with Gasteiger partial charge in [-0.15, -0.1) is 5.17 Å². The molecule has 1 atom stereocenters. The van der Waals surface area contributed by atoms with Gasteiger partial charge in [0, 0.05) is 0 Å². The number of hydrazine groups is 1. The largest absolute Gasteiger partial charge is 0.443 e. The van der Waals surface area contributed by atoms with Crippen LogP contribution in [0.15, 0.2) is 30.3 Å². The summed E-state index contributed by atoms with van der Waals surface area (Å²) in [5.74, 6) is -0.724. The highest BCUT2D eigenvalue weighted by molar-refractivity contribution is 5.78. The van der Waals surface area contributed by atoms with E-state index in [0.717, 1.165) is 5.56 Å². The molecule has 0 saturated carbocycles. The molecule has 0 aromatic heterocycles. The van der Waals surface area contributed by atoms with Crippen LogP contribution >= 0.6 is 0 Å². The van der Waals surface area contributed by atoms with Crippen molar-refractivity contribution < 1.29 is 29.4 Å². The van der Waals surface area contributed by atoms with Crippen molar-refractivity contribution >= 4 is 12.0 Å². The van der Waals surface area contributed by atoms with Crippen LogP contribution in [0, 0.1) is 0 Å². The molecule has 0 aliphatic rings. The minimum absolute atomic E-state index is 0.0254. The van der Waals surface area contributed by atoms with Crippen molar-refractivity contribution in [3.05, 3.63) is 35.9 Å². The van der Waals surface area contributed by atoms with E-state index in [1.54, 1.807) is 32.9 Å². The van der Waals surface area contributed by atoms with Gasteiger partial charge in [-0.3, -0.25) is 4.79 Å². The van der Waals surface area contributed by atoms with Gasteiger partial charge in [-0.05, 0) is 26.3 Å². The average molecular weight is 340 g/mol. The molecule has 3 N–H and O–H groups in total. The lowest BCUT2D eigenvalue weighted by Gasteiger charge is -2.25.